The van der Waals surface area contributed by atoms with Crippen LogP contribution in [0.3, 0.4) is 0 Å². The highest BCUT2D eigenvalue weighted by Gasteiger charge is 2.31. The molecule has 2 aromatic carbocycles. The molecule has 2 unspecified atom stereocenters. The van der Waals surface area contributed by atoms with E-state index in [1.807, 2.05) is 42.6 Å². The summed E-state index contributed by atoms with van der Waals surface area (Å²) in [5.74, 6) is -0.251. The molecule has 4 aromatic heterocycles. The van der Waals surface area contributed by atoms with Crippen LogP contribution in [-0.4, -0.2) is 100.0 Å². The van der Waals surface area contributed by atoms with E-state index in [-0.39, 0.29) is 23.9 Å². The predicted octanol–water partition coefficient (Wildman–Crippen LogP) is 3.38. The van der Waals surface area contributed by atoms with Crippen LogP contribution in [0.15, 0.2) is 77.9 Å². The first-order chi connectivity index (χ1) is 28.3. The van der Waals surface area contributed by atoms with Crippen molar-refractivity contribution < 1.29 is 28.9 Å². The lowest BCUT2D eigenvalue weighted by Gasteiger charge is -2.29. The van der Waals surface area contributed by atoms with E-state index >= 15 is 0 Å². The maximum atomic E-state index is 13.0. The zero-order valence-corrected chi connectivity index (χ0v) is 32.5. The van der Waals surface area contributed by atoms with Gasteiger partial charge in [0.15, 0.2) is 0 Å². The number of rotatable bonds is 17. The molecule has 1 fully saturated rings. The smallest absolute Gasteiger partial charge is 0.329 e. The van der Waals surface area contributed by atoms with Crippen molar-refractivity contribution in [3.63, 3.8) is 0 Å². The van der Waals surface area contributed by atoms with Gasteiger partial charge in [-0.25, -0.2) is 4.79 Å². The molecule has 2 amide bonds. The maximum absolute atomic E-state index is 13.0. The van der Waals surface area contributed by atoms with Gasteiger partial charge in [-0.1, -0.05) is 18.2 Å². The summed E-state index contributed by atoms with van der Waals surface area (Å²) in [7, 11) is 1.72. The van der Waals surface area contributed by atoms with E-state index in [1.165, 1.54) is 0 Å². The number of benzene rings is 2. The van der Waals surface area contributed by atoms with Crippen molar-refractivity contribution in [3.8, 4) is 22.5 Å². The second kappa shape index (κ2) is 17.8. The van der Waals surface area contributed by atoms with Crippen molar-refractivity contribution in [2.45, 2.75) is 44.5 Å². The Bertz CT molecular complexity index is 2490. The zero-order chi connectivity index (χ0) is 40.0. The van der Waals surface area contributed by atoms with Crippen LogP contribution in [0.25, 0.3) is 44.5 Å². The summed E-state index contributed by atoms with van der Waals surface area (Å²) in [5, 5.41) is 20.3. The van der Waals surface area contributed by atoms with E-state index in [1.54, 1.807) is 22.4 Å². The van der Waals surface area contributed by atoms with Gasteiger partial charge in [0, 0.05) is 79.8 Å². The first-order valence-corrected chi connectivity index (χ1v) is 19.8. The normalized spacial score (nSPS) is 16.8. The molecular formula is C43H48N8O7. The third-order valence-electron chi connectivity index (χ3n) is 10.8. The zero-order valence-electron chi connectivity index (χ0n) is 32.5. The average molecular weight is 789 g/mol. The van der Waals surface area contributed by atoms with Crippen molar-refractivity contribution in [2.24, 2.45) is 7.05 Å². The molecule has 0 saturated carbocycles. The van der Waals surface area contributed by atoms with E-state index in [0.29, 0.717) is 77.7 Å². The molecule has 0 aliphatic carbocycles. The van der Waals surface area contributed by atoms with Gasteiger partial charge < -0.3 is 40.3 Å². The minimum absolute atomic E-state index is 0.0380. The number of aromatic nitrogens is 5. The number of nitrogens with zero attached hydrogens (tertiary/aromatic N) is 4. The van der Waals surface area contributed by atoms with Crippen molar-refractivity contribution in [1.29, 1.82) is 0 Å². The Kier molecular flexibility index (Phi) is 12.0. The predicted molar refractivity (Wildman–Crippen MR) is 218 cm³/mol. The van der Waals surface area contributed by atoms with E-state index in [2.05, 4.69) is 50.2 Å². The molecule has 0 radical (unpaired) electrons. The fraction of sp³-hybridized carbons (Fsp3) is 0.372. The number of carbonyl (C=O) groups excluding carboxylic acids is 2. The largest absolute Gasteiger partial charge is 0.379 e. The van der Waals surface area contributed by atoms with Crippen LogP contribution < -0.4 is 21.6 Å². The molecule has 1 saturated heterocycles. The van der Waals surface area contributed by atoms with Crippen LogP contribution in [-0.2, 0) is 45.4 Å². The monoisotopic (exact) mass is 788 g/mol. The maximum Gasteiger partial charge on any atom is 0.329 e. The topological polar surface area (TPSA) is 187 Å². The van der Waals surface area contributed by atoms with Gasteiger partial charge in [0.1, 0.15) is 6.23 Å². The van der Waals surface area contributed by atoms with Crippen LogP contribution in [0.5, 0.6) is 0 Å². The van der Waals surface area contributed by atoms with E-state index in [0.717, 1.165) is 67.7 Å². The number of aromatic amines is 1. The molecule has 2 aliphatic rings. The van der Waals surface area contributed by atoms with Crippen LogP contribution >= 0.6 is 0 Å². The van der Waals surface area contributed by atoms with Gasteiger partial charge in [0.05, 0.1) is 73.5 Å². The summed E-state index contributed by atoms with van der Waals surface area (Å²) >= 11 is 0. The van der Waals surface area contributed by atoms with Crippen LogP contribution in [0.2, 0.25) is 0 Å². The number of hydrogen-bond donors (Lipinski definition) is 5. The minimum Gasteiger partial charge on any atom is -0.379 e. The number of imidazole rings is 1. The summed E-state index contributed by atoms with van der Waals surface area (Å²) in [5.41, 5.74) is 9.64. The number of ether oxygens (including phenoxy) is 3. The van der Waals surface area contributed by atoms with Gasteiger partial charge in [0.2, 0.25) is 5.91 Å². The van der Waals surface area contributed by atoms with Crippen molar-refractivity contribution in [2.75, 3.05) is 52.7 Å². The molecule has 5 N–H and O–H groups in total. The molecule has 2 aliphatic heterocycles. The summed E-state index contributed by atoms with van der Waals surface area (Å²) in [6, 6.07) is 19.6. The first kappa shape index (κ1) is 39.1. The highest BCUT2D eigenvalue weighted by Crippen LogP contribution is 2.29. The Labute approximate surface area is 334 Å². The number of piperidine rings is 1. The van der Waals surface area contributed by atoms with E-state index in [9.17, 15) is 19.5 Å². The summed E-state index contributed by atoms with van der Waals surface area (Å²) in [6.45, 7) is 5.03. The van der Waals surface area contributed by atoms with Crippen molar-refractivity contribution >= 4 is 33.8 Å². The number of carbonyl (C=O) groups is 2. The lowest BCUT2D eigenvalue weighted by Crippen LogP contribution is -2.47. The van der Waals surface area contributed by atoms with Crippen LogP contribution in [0, 0.1) is 0 Å². The third kappa shape index (κ3) is 8.73. The molecular weight excluding hydrogens is 741 g/mol. The minimum atomic E-state index is -1.10. The summed E-state index contributed by atoms with van der Waals surface area (Å²) in [6.07, 6.45) is 4.68. The number of fused-ring (bicyclic) bond motifs is 3. The van der Waals surface area contributed by atoms with Gasteiger partial charge in [-0.15, -0.1) is 0 Å². The molecule has 0 spiro atoms. The molecule has 15 nitrogen and oxygen atoms in total. The molecule has 8 rings (SSSR count). The van der Waals surface area contributed by atoms with Gasteiger partial charge in [-0.05, 0) is 66.4 Å². The number of hydrogen-bond acceptors (Lipinski definition) is 10. The number of aryl methyl sites for hydroxylation is 1. The molecule has 58 heavy (non-hydrogen) atoms. The Morgan fingerprint density at radius 3 is 2.48 bits per heavy atom. The van der Waals surface area contributed by atoms with Crippen molar-refractivity contribution in [3.05, 3.63) is 106 Å². The first-order valence-electron chi connectivity index (χ1n) is 19.8. The molecule has 6 aromatic rings. The SMILES string of the molecule is Cn1c(=O)n(C2CCC(=O)NC2O)c2ccc(CCOCCOCCOCCNCc3ccc4cc(-c5cc(-c6cc7c([nH]6)CCNC7=O)ccn5)cnc4c3)cc21. The molecule has 0 bridgehead atoms. The number of pyridine rings is 2. The quantitative estimate of drug-likeness (QED) is 0.0859. The molecule has 15 heteroatoms. The van der Waals surface area contributed by atoms with E-state index < -0.39 is 12.3 Å². The van der Waals surface area contributed by atoms with Gasteiger partial charge in [-0.2, -0.15) is 0 Å². The Balaban J connectivity index is 0.703. The van der Waals surface area contributed by atoms with Crippen LogP contribution in [0.4, 0.5) is 0 Å². The highest BCUT2D eigenvalue weighted by atomic mass is 16.5. The summed E-state index contributed by atoms with van der Waals surface area (Å²) < 4.78 is 20.3. The number of nitrogens with one attached hydrogen (secondary N) is 4. The number of aliphatic hydroxyl groups excluding tert-OH is 1. The average Bonchev–Trinajstić information content (AvgIpc) is 3.78. The Hall–Kier alpha value is -5.71. The summed E-state index contributed by atoms with van der Waals surface area (Å²) in [4.78, 5) is 49.7. The van der Waals surface area contributed by atoms with Gasteiger partial charge >= 0.3 is 5.69 Å². The molecule has 6 heterocycles. The molecule has 2 atom stereocenters. The Morgan fingerprint density at radius 1 is 0.845 bits per heavy atom. The lowest BCUT2D eigenvalue weighted by molar-refractivity contribution is -0.128. The fourth-order valence-electron chi connectivity index (χ4n) is 7.66. The second-order valence-corrected chi connectivity index (χ2v) is 14.7. The number of aliphatic hydroxyl groups is 1. The second-order valence-electron chi connectivity index (χ2n) is 14.7. The standard InChI is InChI=1S/C43H48N8O7/c1-50-39-21-27(3-5-37(39)51(43(50)55)38-6-7-40(52)49-42(38)54)10-14-56-16-18-58-19-17-57-15-13-44-25-28-2-4-29-22-31(26-47-34(29)20-28)35-23-30(8-11-45-35)36-24-32-33(48-36)9-12-46-41(32)53/h2-5,8,11,20-24,26,38,42,44,48,54H,6-7,9-10,12-19,25H2,1H3,(H,46,53)(H,49,52). The van der Waals surface area contributed by atoms with Crippen molar-refractivity contribution in [1.82, 2.24) is 40.0 Å². The van der Waals surface area contributed by atoms with Crippen LogP contribution in [0.1, 0.15) is 46.1 Å². The highest BCUT2D eigenvalue weighted by molar-refractivity contribution is 5.98. The van der Waals surface area contributed by atoms with Gasteiger partial charge in [-0.3, -0.25) is 28.7 Å². The lowest BCUT2D eigenvalue weighted by atomic mass is 10.0. The molecule has 302 valence electrons. The number of amides is 2. The number of H-pyrrole nitrogens is 1. The van der Waals surface area contributed by atoms with E-state index in [4.69, 9.17) is 19.2 Å². The fourth-order valence-corrected chi connectivity index (χ4v) is 7.66. The third-order valence-corrected chi connectivity index (χ3v) is 10.8. The Morgan fingerprint density at radius 2 is 1.66 bits per heavy atom. The van der Waals surface area contributed by atoms with Gasteiger partial charge in [0.25, 0.3) is 5.91 Å².